The van der Waals surface area contributed by atoms with E-state index in [0.29, 0.717) is 0 Å². The summed E-state index contributed by atoms with van der Waals surface area (Å²) in [5.74, 6) is 1.02. The van der Waals surface area contributed by atoms with Crippen molar-refractivity contribution in [3.8, 4) is 28.2 Å². The summed E-state index contributed by atoms with van der Waals surface area (Å²) in [4.78, 5) is 4.88. The first-order valence-electron chi connectivity index (χ1n) is 13.6. The number of rotatable bonds is 7. The van der Waals surface area contributed by atoms with Gasteiger partial charge in [-0.05, 0) is 85.9 Å². The second-order valence-electron chi connectivity index (χ2n) is 10.2. The molecule has 0 aliphatic carbocycles. The summed E-state index contributed by atoms with van der Waals surface area (Å²) < 4.78 is 2.29. The number of imidazole rings is 1. The van der Waals surface area contributed by atoms with Crippen LogP contribution in [0.1, 0.15) is 81.7 Å². The van der Waals surface area contributed by atoms with Crippen molar-refractivity contribution in [2.75, 3.05) is 0 Å². The summed E-state index contributed by atoms with van der Waals surface area (Å²) in [6, 6.07) is 20.3. The normalized spacial score (nSPS) is 12.6. The van der Waals surface area contributed by atoms with E-state index in [1.54, 1.807) is 0 Å². The SMILES string of the molecule is CC.CCCC(C)(CC)c1ccccc1-c1nccn1-c1c(C)cc(-c2cc(C)cc(C)c2)cc1C. The number of hydrogen-bond acceptors (Lipinski definition) is 1. The summed E-state index contributed by atoms with van der Waals surface area (Å²) in [6.45, 7) is 19.8. The van der Waals surface area contributed by atoms with Crippen molar-refractivity contribution in [3.63, 3.8) is 0 Å². The molecule has 0 N–H and O–H groups in total. The maximum atomic E-state index is 4.88. The molecule has 1 atom stereocenters. The molecule has 0 radical (unpaired) electrons. The minimum atomic E-state index is 0.138. The Morgan fingerprint density at radius 3 is 1.97 bits per heavy atom. The van der Waals surface area contributed by atoms with Gasteiger partial charge in [-0.25, -0.2) is 4.98 Å². The average molecular weight is 481 g/mol. The van der Waals surface area contributed by atoms with Crippen molar-refractivity contribution in [1.82, 2.24) is 9.55 Å². The zero-order valence-corrected chi connectivity index (χ0v) is 23.9. The van der Waals surface area contributed by atoms with Gasteiger partial charge in [0.2, 0.25) is 0 Å². The number of aryl methyl sites for hydroxylation is 4. The summed E-state index contributed by atoms with van der Waals surface area (Å²) in [7, 11) is 0. The molecule has 1 unspecified atom stereocenters. The van der Waals surface area contributed by atoms with Crippen LogP contribution in [0, 0.1) is 27.7 Å². The van der Waals surface area contributed by atoms with Gasteiger partial charge in [0.1, 0.15) is 5.82 Å². The molecule has 36 heavy (non-hydrogen) atoms. The van der Waals surface area contributed by atoms with Crippen molar-refractivity contribution in [2.24, 2.45) is 0 Å². The molecule has 0 saturated carbocycles. The Morgan fingerprint density at radius 1 is 0.806 bits per heavy atom. The molecule has 2 heteroatoms. The van der Waals surface area contributed by atoms with Crippen molar-refractivity contribution >= 4 is 0 Å². The van der Waals surface area contributed by atoms with Gasteiger partial charge in [0, 0.05) is 18.0 Å². The molecule has 2 nitrogen and oxygen atoms in total. The van der Waals surface area contributed by atoms with Crippen LogP contribution in [0.2, 0.25) is 0 Å². The lowest BCUT2D eigenvalue weighted by molar-refractivity contribution is 0.414. The largest absolute Gasteiger partial charge is 0.299 e. The van der Waals surface area contributed by atoms with Crippen LogP contribution in [0.3, 0.4) is 0 Å². The zero-order chi connectivity index (χ0) is 26.5. The maximum absolute atomic E-state index is 4.88. The van der Waals surface area contributed by atoms with Crippen LogP contribution in [0.15, 0.2) is 67.0 Å². The van der Waals surface area contributed by atoms with E-state index in [4.69, 9.17) is 4.98 Å². The second kappa shape index (κ2) is 11.7. The lowest BCUT2D eigenvalue weighted by atomic mass is 9.74. The molecule has 4 rings (SSSR count). The van der Waals surface area contributed by atoms with E-state index in [9.17, 15) is 0 Å². The van der Waals surface area contributed by atoms with Crippen LogP contribution >= 0.6 is 0 Å². The third-order valence-electron chi connectivity index (χ3n) is 7.33. The summed E-state index contributed by atoms with van der Waals surface area (Å²) in [6.07, 6.45) is 7.50. The number of hydrogen-bond donors (Lipinski definition) is 0. The van der Waals surface area contributed by atoms with E-state index in [1.807, 2.05) is 20.0 Å². The van der Waals surface area contributed by atoms with Crippen LogP contribution in [0.5, 0.6) is 0 Å². The van der Waals surface area contributed by atoms with Gasteiger partial charge in [-0.2, -0.15) is 0 Å². The fraction of sp³-hybridized carbons (Fsp3) is 0.382. The third kappa shape index (κ3) is 5.48. The van der Waals surface area contributed by atoms with E-state index in [2.05, 4.69) is 114 Å². The minimum absolute atomic E-state index is 0.138. The van der Waals surface area contributed by atoms with Crippen LogP contribution in [0.4, 0.5) is 0 Å². The Hall–Kier alpha value is -3.13. The van der Waals surface area contributed by atoms with E-state index in [1.165, 1.54) is 63.0 Å². The highest BCUT2D eigenvalue weighted by molar-refractivity contribution is 5.72. The van der Waals surface area contributed by atoms with E-state index in [0.717, 1.165) is 12.2 Å². The third-order valence-corrected chi connectivity index (χ3v) is 7.33. The molecule has 0 amide bonds. The summed E-state index contributed by atoms with van der Waals surface area (Å²) in [5.41, 5.74) is 11.7. The first-order chi connectivity index (χ1) is 17.3. The van der Waals surface area contributed by atoms with Gasteiger partial charge in [0.25, 0.3) is 0 Å². The lowest BCUT2D eigenvalue weighted by Crippen LogP contribution is -2.22. The van der Waals surface area contributed by atoms with E-state index >= 15 is 0 Å². The molecule has 0 aliphatic heterocycles. The first kappa shape index (κ1) is 27.5. The quantitative estimate of drug-likeness (QED) is 0.257. The molecule has 0 aliphatic rings. The molecule has 0 spiro atoms. The lowest BCUT2D eigenvalue weighted by Gasteiger charge is -2.31. The minimum Gasteiger partial charge on any atom is -0.299 e. The highest BCUT2D eigenvalue weighted by atomic mass is 15.1. The Balaban J connectivity index is 0.00000176. The van der Waals surface area contributed by atoms with Crippen LogP contribution in [-0.2, 0) is 5.41 Å². The molecular formula is C34H44N2. The standard InChI is InChI=1S/C32H38N2.C2H6/c1-8-14-32(7,9-2)29-13-11-10-12-28(29)31-33-15-16-34(31)30-24(5)20-27(21-25(30)6)26-18-22(3)17-23(4)19-26;1-2/h10-13,15-21H,8-9,14H2,1-7H3;1-2H3. The Kier molecular flexibility index (Phi) is 8.95. The van der Waals surface area contributed by atoms with Gasteiger partial charge in [-0.15, -0.1) is 0 Å². The summed E-state index contributed by atoms with van der Waals surface area (Å²) >= 11 is 0. The van der Waals surface area contributed by atoms with E-state index < -0.39 is 0 Å². The molecule has 0 bridgehead atoms. The number of benzene rings is 3. The van der Waals surface area contributed by atoms with Crippen molar-refractivity contribution < 1.29 is 0 Å². The van der Waals surface area contributed by atoms with E-state index in [-0.39, 0.29) is 5.41 Å². The van der Waals surface area contributed by atoms with Crippen molar-refractivity contribution in [2.45, 2.75) is 87.0 Å². The first-order valence-corrected chi connectivity index (χ1v) is 13.6. The van der Waals surface area contributed by atoms with Crippen LogP contribution < -0.4 is 0 Å². The molecule has 1 heterocycles. The number of nitrogens with zero attached hydrogens (tertiary/aromatic N) is 2. The molecule has 0 fully saturated rings. The smallest absolute Gasteiger partial charge is 0.144 e. The highest BCUT2D eigenvalue weighted by Gasteiger charge is 2.28. The van der Waals surface area contributed by atoms with Gasteiger partial charge in [-0.1, -0.05) is 94.6 Å². The Labute approximate surface area is 219 Å². The molecular weight excluding hydrogens is 436 g/mol. The maximum Gasteiger partial charge on any atom is 0.144 e. The molecule has 1 aromatic heterocycles. The predicted molar refractivity (Wildman–Crippen MR) is 157 cm³/mol. The monoisotopic (exact) mass is 480 g/mol. The summed E-state index contributed by atoms with van der Waals surface area (Å²) in [5, 5.41) is 0. The number of aromatic nitrogens is 2. The topological polar surface area (TPSA) is 17.8 Å². The van der Waals surface area contributed by atoms with Crippen LogP contribution in [0.25, 0.3) is 28.2 Å². The van der Waals surface area contributed by atoms with Crippen LogP contribution in [-0.4, -0.2) is 9.55 Å². The molecule has 3 aromatic carbocycles. The van der Waals surface area contributed by atoms with Gasteiger partial charge in [0.15, 0.2) is 0 Å². The molecule has 0 saturated heterocycles. The zero-order valence-electron chi connectivity index (χ0n) is 23.9. The Morgan fingerprint density at radius 2 is 1.39 bits per heavy atom. The van der Waals surface area contributed by atoms with Crippen molar-refractivity contribution in [1.29, 1.82) is 0 Å². The fourth-order valence-electron chi connectivity index (χ4n) is 5.59. The predicted octanol–water partition coefficient (Wildman–Crippen LogP) is 9.93. The highest BCUT2D eigenvalue weighted by Crippen LogP contribution is 2.39. The average Bonchev–Trinajstić information content (AvgIpc) is 3.33. The van der Waals surface area contributed by atoms with Gasteiger partial charge < -0.3 is 0 Å². The molecule has 4 aromatic rings. The Bertz CT molecular complexity index is 1270. The van der Waals surface area contributed by atoms with Gasteiger partial charge in [0.05, 0.1) is 5.69 Å². The van der Waals surface area contributed by atoms with Gasteiger partial charge in [-0.3, -0.25) is 4.57 Å². The second-order valence-corrected chi connectivity index (χ2v) is 10.2. The van der Waals surface area contributed by atoms with Crippen molar-refractivity contribution in [3.05, 3.63) is 94.8 Å². The van der Waals surface area contributed by atoms with Gasteiger partial charge >= 0.3 is 0 Å². The fourth-order valence-corrected chi connectivity index (χ4v) is 5.59. The molecule has 190 valence electrons.